The van der Waals surface area contributed by atoms with Gasteiger partial charge in [0.25, 0.3) is 5.19 Å². The molecule has 0 saturated carbocycles. The predicted octanol–water partition coefficient (Wildman–Crippen LogP) is 4.37. The number of benzene rings is 1. The number of nitro groups is 1. The van der Waals surface area contributed by atoms with Crippen molar-refractivity contribution in [2.24, 2.45) is 0 Å². The molecule has 0 radical (unpaired) electrons. The number of aromatic nitrogens is 1. The summed E-state index contributed by atoms with van der Waals surface area (Å²) in [7, 11) is 0. The van der Waals surface area contributed by atoms with E-state index in [1.54, 1.807) is 0 Å². The van der Waals surface area contributed by atoms with E-state index in [-0.39, 0.29) is 22.0 Å². The molecule has 9 heteroatoms. The second kappa shape index (κ2) is 5.68. The number of alkyl halides is 1. The average Bonchev–Trinajstić information content (AvgIpc) is 2.71. The number of rotatable bonds is 4. The molecule has 0 unspecified atom stereocenters. The van der Waals surface area contributed by atoms with Gasteiger partial charge in [0.2, 0.25) is 5.75 Å². The molecule has 0 atom stereocenters. The molecule has 1 aromatic heterocycles. The second-order valence-electron chi connectivity index (χ2n) is 3.30. The van der Waals surface area contributed by atoms with Crippen LogP contribution in [0.3, 0.4) is 0 Å². The average molecular weight is 323 g/mol. The zero-order chi connectivity index (χ0) is 14.0. The summed E-state index contributed by atoms with van der Waals surface area (Å²) in [6.45, 7) is 0. The van der Waals surface area contributed by atoms with Gasteiger partial charge < -0.3 is 4.74 Å². The largest absolute Gasteiger partial charge is 0.423 e. The van der Waals surface area contributed by atoms with Crippen molar-refractivity contribution in [3.8, 4) is 10.9 Å². The maximum Gasteiger partial charge on any atom is 0.314 e. The first-order chi connectivity index (χ1) is 9.01. The zero-order valence-corrected chi connectivity index (χ0v) is 11.4. The molecule has 19 heavy (non-hydrogen) atoms. The van der Waals surface area contributed by atoms with Crippen LogP contribution in [0.2, 0.25) is 5.15 Å². The third kappa shape index (κ3) is 3.12. The molecule has 5 nitrogen and oxygen atoms in total. The Kier molecular flexibility index (Phi) is 4.18. The Bertz CT molecular complexity index is 635. The molecule has 0 aliphatic carbocycles. The maximum atomic E-state index is 13.0. The highest BCUT2D eigenvalue weighted by atomic mass is 35.5. The summed E-state index contributed by atoms with van der Waals surface area (Å²) in [5.41, 5.74) is -0.487. The molecule has 2 aromatic rings. The summed E-state index contributed by atoms with van der Waals surface area (Å²) >= 11 is 12.5. The van der Waals surface area contributed by atoms with Gasteiger partial charge >= 0.3 is 5.69 Å². The number of ether oxygens (including phenoxy) is 1. The van der Waals surface area contributed by atoms with Gasteiger partial charge in [0.15, 0.2) is 0 Å². The molecule has 2 rings (SSSR count). The van der Waals surface area contributed by atoms with E-state index >= 15 is 0 Å². The molecule has 0 saturated heterocycles. The van der Waals surface area contributed by atoms with Crippen molar-refractivity contribution >= 4 is 40.2 Å². The van der Waals surface area contributed by atoms with Crippen molar-refractivity contribution in [2.45, 2.75) is 5.88 Å². The van der Waals surface area contributed by atoms with Crippen molar-refractivity contribution in [3.05, 3.63) is 44.2 Å². The summed E-state index contributed by atoms with van der Waals surface area (Å²) in [5, 5.41) is 11.1. The van der Waals surface area contributed by atoms with E-state index in [9.17, 15) is 14.5 Å². The Morgan fingerprint density at radius 2 is 2.26 bits per heavy atom. The highest BCUT2D eigenvalue weighted by Crippen LogP contribution is 2.36. The lowest BCUT2D eigenvalue weighted by Crippen LogP contribution is -1.94. The van der Waals surface area contributed by atoms with Crippen molar-refractivity contribution in [1.82, 2.24) is 4.98 Å². The molecule has 1 heterocycles. The lowest BCUT2D eigenvalue weighted by Gasteiger charge is -2.02. The van der Waals surface area contributed by atoms with E-state index in [4.69, 9.17) is 27.9 Å². The van der Waals surface area contributed by atoms with Crippen LogP contribution in [0.15, 0.2) is 18.2 Å². The second-order valence-corrected chi connectivity index (χ2v) is 4.97. The Labute approximate surface area is 120 Å². The Morgan fingerprint density at radius 3 is 2.84 bits per heavy atom. The van der Waals surface area contributed by atoms with Crippen LogP contribution in [0.5, 0.6) is 10.9 Å². The standard InChI is InChI=1S/C10H5Cl2FN2O3S/c11-4-8-9(12)14-10(19-8)18-7-2-1-5(13)3-6(7)15(16)17/h1-3H,4H2. The molecule has 0 amide bonds. The molecular formula is C10H5Cl2FN2O3S. The fourth-order valence-corrected chi connectivity index (χ4v) is 2.58. The van der Waals surface area contributed by atoms with Crippen LogP contribution in [-0.4, -0.2) is 9.91 Å². The highest BCUT2D eigenvalue weighted by Gasteiger charge is 2.19. The quantitative estimate of drug-likeness (QED) is 0.476. The third-order valence-electron chi connectivity index (χ3n) is 2.07. The first-order valence-electron chi connectivity index (χ1n) is 4.84. The number of halogens is 3. The smallest absolute Gasteiger partial charge is 0.314 e. The van der Waals surface area contributed by atoms with E-state index < -0.39 is 16.4 Å². The molecule has 0 N–H and O–H groups in total. The zero-order valence-electron chi connectivity index (χ0n) is 9.10. The van der Waals surface area contributed by atoms with Gasteiger partial charge in [-0.05, 0) is 12.1 Å². The number of nitrogens with zero attached hydrogens (tertiary/aromatic N) is 2. The van der Waals surface area contributed by atoms with Gasteiger partial charge in [0.1, 0.15) is 11.0 Å². The van der Waals surface area contributed by atoms with Gasteiger partial charge in [0.05, 0.1) is 21.7 Å². The van der Waals surface area contributed by atoms with E-state index in [0.717, 1.165) is 29.5 Å². The number of thiazole rings is 1. The number of hydrogen-bond donors (Lipinski definition) is 0. The van der Waals surface area contributed by atoms with Crippen molar-refractivity contribution in [2.75, 3.05) is 0 Å². The minimum absolute atomic E-state index is 0.107. The van der Waals surface area contributed by atoms with Gasteiger partial charge in [-0.2, -0.15) is 4.98 Å². The van der Waals surface area contributed by atoms with E-state index in [1.807, 2.05) is 0 Å². The predicted molar refractivity (Wildman–Crippen MR) is 69.8 cm³/mol. The Balaban J connectivity index is 2.34. The summed E-state index contributed by atoms with van der Waals surface area (Å²) in [6.07, 6.45) is 0. The maximum absolute atomic E-state index is 13.0. The summed E-state index contributed by atoms with van der Waals surface area (Å²) in [5.74, 6) is -0.679. The molecule has 0 bridgehead atoms. The lowest BCUT2D eigenvalue weighted by molar-refractivity contribution is -0.385. The summed E-state index contributed by atoms with van der Waals surface area (Å²) in [6, 6.07) is 2.98. The van der Waals surface area contributed by atoms with Crippen LogP contribution >= 0.6 is 34.5 Å². The minimum Gasteiger partial charge on any atom is -0.423 e. The van der Waals surface area contributed by atoms with Gasteiger partial charge in [-0.3, -0.25) is 10.1 Å². The first kappa shape index (κ1) is 14.0. The fourth-order valence-electron chi connectivity index (χ4n) is 1.25. The van der Waals surface area contributed by atoms with Crippen molar-refractivity contribution < 1.29 is 14.1 Å². The monoisotopic (exact) mass is 322 g/mol. The van der Waals surface area contributed by atoms with Crippen molar-refractivity contribution in [3.63, 3.8) is 0 Å². The summed E-state index contributed by atoms with van der Waals surface area (Å²) in [4.78, 5) is 14.5. The lowest BCUT2D eigenvalue weighted by atomic mass is 10.3. The summed E-state index contributed by atoms with van der Waals surface area (Å²) < 4.78 is 18.2. The van der Waals surface area contributed by atoms with E-state index in [0.29, 0.717) is 4.88 Å². The Hall–Kier alpha value is -1.44. The number of hydrogen-bond acceptors (Lipinski definition) is 5. The SMILES string of the molecule is O=[N+]([O-])c1cc(F)ccc1Oc1nc(Cl)c(CCl)s1. The molecule has 0 aliphatic rings. The topological polar surface area (TPSA) is 65.3 Å². The minimum atomic E-state index is -0.740. The van der Waals surface area contributed by atoms with Gasteiger partial charge in [0, 0.05) is 0 Å². The van der Waals surface area contributed by atoms with Gasteiger partial charge in [-0.25, -0.2) is 4.39 Å². The van der Waals surface area contributed by atoms with Crippen LogP contribution in [-0.2, 0) is 5.88 Å². The van der Waals surface area contributed by atoms with Crippen LogP contribution in [0, 0.1) is 15.9 Å². The van der Waals surface area contributed by atoms with Crippen LogP contribution in [0.1, 0.15) is 4.88 Å². The Morgan fingerprint density at radius 1 is 1.53 bits per heavy atom. The molecule has 0 aliphatic heterocycles. The molecular weight excluding hydrogens is 318 g/mol. The molecule has 0 spiro atoms. The van der Waals surface area contributed by atoms with Crippen molar-refractivity contribution in [1.29, 1.82) is 0 Å². The van der Waals surface area contributed by atoms with Crippen LogP contribution in [0.4, 0.5) is 10.1 Å². The molecule has 0 fully saturated rings. The van der Waals surface area contributed by atoms with E-state index in [2.05, 4.69) is 4.98 Å². The van der Waals surface area contributed by atoms with E-state index in [1.165, 1.54) is 0 Å². The highest BCUT2D eigenvalue weighted by molar-refractivity contribution is 7.14. The molecule has 100 valence electrons. The van der Waals surface area contributed by atoms with Gasteiger partial charge in [-0.15, -0.1) is 11.6 Å². The normalized spacial score (nSPS) is 10.5. The number of nitro benzene ring substituents is 1. The fraction of sp³-hybridized carbons (Fsp3) is 0.100. The molecule has 1 aromatic carbocycles. The third-order valence-corrected chi connectivity index (χ3v) is 3.85. The van der Waals surface area contributed by atoms with Gasteiger partial charge in [-0.1, -0.05) is 22.9 Å². The van der Waals surface area contributed by atoms with Crippen LogP contribution in [0.25, 0.3) is 0 Å². The van der Waals surface area contributed by atoms with Crippen LogP contribution < -0.4 is 4.74 Å². The first-order valence-corrected chi connectivity index (χ1v) is 6.57.